The van der Waals surface area contributed by atoms with Gasteiger partial charge in [0.15, 0.2) is 0 Å². The van der Waals surface area contributed by atoms with E-state index in [0.29, 0.717) is 25.0 Å². The Balaban J connectivity index is 0.00000254. The van der Waals surface area contributed by atoms with E-state index in [9.17, 15) is 14.7 Å². The fourth-order valence-electron chi connectivity index (χ4n) is 1.76. The Morgan fingerprint density at radius 1 is 1.17 bits per heavy atom. The summed E-state index contributed by atoms with van der Waals surface area (Å²) in [7, 11) is 1.34. The first-order chi connectivity index (χ1) is 11.6. The molecule has 0 saturated heterocycles. The molecular weight excluding hydrogens is 308 g/mol. The second-order valence-electron chi connectivity index (χ2n) is 4.53. The summed E-state index contributed by atoms with van der Waals surface area (Å²) in [6.07, 6.45) is 1.26. The van der Waals surface area contributed by atoms with E-state index in [2.05, 4.69) is 16.6 Å². The Morgan fingerprint density at radius 3 is 2.50 bits per heavy atom. The minimum Gasteiger partial charge on any atom is -0.508 e. The van der Waals surface area contributed by atoms with Gasteiger partial charge in [0.1, 0.15) is 5.75 Å². The highest BCUT2D eigenvalue weighted by Crippen LogP contribution is 2.20. The van der Waals surface area contributed by atoms with Crippen molar-refractivity contribution in [3.8, 4) is 17.6 Å². The average molecular weight is 334 g/mol. The van der Waals surface area contributed by atoms with Crippen LogP contribution in [0.4, 0.5) is 0 Å². The van der Waals surface area contributed by atoms with Gasteiger partial charge in [0.05, 0.1) is 20.1 Å². The molecule has 0 fully saturated rings. The molecule has 0 radical (unpaired) electrons. The molecule has 0 aliphatic carbocycles. The number of esters is 2. The summed E-state index contributed by atoms with van der Waals surface area (Å²) < 4.78 is 9.38. The number of rotatable bonds is 6. The smallest absolute Gasteiger partial charge is 0.306 e. The van der Waals surface area contributed by atoms with Crippen molar-refractivity contribution in [3.63, 3.8) is 0 Å². The number of phenolic OH excluding ortho intramolecular Hbond substituents is 1. The van der Waals surface area contributed by atoms with Gasteiger partial charge in [-0.15, -0.1) is 0 Å². The van der Waals surface area contributed by atoms with E-state index < -0.39 is 0 Å². The standard InChI is InChI=1S/C17H20O5.C2H6/c1-3-22-17(20)11-9-14-12-13(8-10-15(14)18)6-4-5-7-16(19)21-2;1-2/h8,10,12,18H,3,5,7,9,11H2,1-2H3;1-2H3. The quantitative estimate of drug-likeness (QED) is 0.639. The maximum atomic E-state index is 11.3. The van der Waals surface area contributed by atoms with Gasteiger partial charge in [0.25, 0.3) is 0 Å². The first kappa shape index (κ1) is 21.5. The van der Waals surface area contributed by atoms with Crippen molar-refractivity contribution < 1.29 is 24.2 Å². The summed E-state index contributed by atoms with van der Waals surface area (Å²) in [5.41, 5.74) is 1.37. The molecule has 0 heterocycles. The van der Waals surface area contributed by atoms with Crippen LogP contribution in [0.3, 0.4) is 0 Å². The summed E-state index contributed by atoms with van der Waals surface area (Å²) in [6.45, 7) is 6.09. The molecule has 5 heteroatoms. The van der Waals surface area contributed by atoms with Gasteiger partial charge in [0.2, 0.25) is 0 Å². The van der Waals surface area contributed by atoms with Gasteiger partial charge >= 0.3 is 11.9 Å². The van der Waals surface area contributed by atoms with Crippen LogP contribution in [0.2, 0.25) is 0 Å². The monoisotopic (exact) mass is 334 g/mol. The number of carbonyl (C=O) groups is 2. The van der Waals surface area contributed by atoms with Gasteiger partial charge in [-0.1, -0.05) is 25.7 Å². The van der Waals surface area contributed by atoms with Gasteiger partial charge in [-0.3, -0.25) is 9.59 Å². The number of carbonyl (C=O) groups excluding carboxylic acids is 2. The van der Waals surface area contributed by atoms with Crippen molar-refractivity contribution >= 4 is 11.9 Å². The highest BCUT2D eigenvalue weighted by atomic mass is 16.5. The number of benzene rings is 1. The molecule has 132 valence electrons. The number of hydrogen-bond acceptors (Lipinski definition) is 5. The molecule has 0 spiro atoms. The van der Waals surface area contributed by atoms with Crippen LogP contribution in [-0.4, -0.2) is 30.8 Å². The lowest BCUT2D eigenvalue weighted by atomic mass is 10.1. The first-order valence-electron chi connectivity index (χ1n) is 8.10. The van der Waals surface area contributed by atoms with E-state index >= 15 is 0 Å². The number of aromatic hydroxyl groups is 1. The lowest BCUT2D eigenvalue weighted by molar-refractivity contribution is -0.143. The topological polar surface area (TPSA) is 72.8 Å². The Bertz CT molecular complexity index is 581. The molecule has 0 atom stereocenters. The van der Waals surface area contributed by atoms with Crippen LogP contribution >= 0.6 is 0 Å². The number of methoxy groups -OCH3 is 1. The largest absolute Gasteiger partial charge is 0.508 e. The summed E-state index contributed by atoms with van der Waals surface area (Å²) in [4.78, 5) is 22.3. The number of aryl methyl sites for hydroxylation is 1. The summed E-state index contributed by atoms with van der Waals surface area (Å²) in [5, 5.41) is 9.79. The van der Waals surface area contributed by atoms with E-state index in [1.54, 1.807) is 25.1 Å². The maximum Gasteiger partial charge on any atom is 0.306 e. The third-order valence-corrected chi connectivity index (χ3v) is 2.90. The van der Waals surface area contributed by atoms with Gasteiger partial charge in [-0.2, -0.15) is 0 Å². The number of ether oxygens (including phenoxy) is 2. The molecule has 0 aliphatic rings. The molecule has 0 aliphatic heterocycles. The van der Waals surface area contributed by atoms with E-state index in [-0.39, 0.29) is 30.5 Å². The van der Waals surface area contributed by atoms with Crippen LogP contribution in [0.25, 0.3) is 0 Å². The molecule has 0 unspecified atom stereocenters. The molecule has 0 bridgehead atoms. The van der Waals surface area contributed by atoms with E-state index in [0.717, 1.165) is 5.56 Å². The Labute approximate surface area is 144 Å². The molecule has 0 saturated carbocycles. The van der Waals surface area contributed by atoms with E-state index in [4.69, 9.17) is 4.74 Å². The van der Waals surface area contributed by atoms with Crippen LogP contribution in [0.5, 0.6) is 5.75 Å². The molecule has 1 aromatic carbocycles. The van der Waals surface area contributed by atoms with Gasteiger partial charge in [-0.05, 0) is 37.1 Å². The summed E-state index contributed by atoms with van der Waals surface area (Å²) in [5.74, 6) is 5.33. The van der Waals surface area contributed by atoms with Gasteiger partial charge in [-0.25, -0.2) is 0 Å². The van der Waals surface area contributed by atoms with E-state index in [1.165, 1.54) is 7.11 Å². The minimum absolute atomic E-state index is 0.129. The molecular formula is C19H26O5. The predicted molar refractivity (Wildman–Crippen MR) is 92.5 cm³/mol. The third kappa shape index (κ3) is 8.84. The Kier molecular flexibility index (Phi) is 11.7. The zero-order valence-electron chi connectivity index (χ0n) is 14.8. The third-order valence-electron chi connectivity index (χ3n) is 2.90. The van der Waals surface area contributed by atoms with Crippen molar-refractivity contribution in [1.29, 1.82) is 0 Å². The number of phenols is 1. The Morgan fingerprint density at radius 2 is 1.88 bits per heavy atom. The summed E-state index contributed by atoms with van der Waals surface area (Å²) in [6, 6.07) is 4.97. The molecule has 1 rings (SSSR count). The van der Waals surface area contributed by atoms with Crippen molar-refractivity contribution in [2.24, 2.45) is 0 Å². The van der Waals surface area contributed by atoms with Crippen molar-refractivity contribution in [1.82, 2.24) is 0 Å². The molecule has 1 N–H and O–H groups in total. The second kappa shape index (κ2) is 13.0. The van der Waals surface area contributed by atoms with Gasteiger partial charge < -0.3 is 14.6 Å². The van der Waals surface area contributed by atoms with Crippen molar-refractivity contribution in [2.45, 2.75) is 46.5 Å². The summed E-state index contributed by atoms with van der Waals surface area (Å²) >= 11 is 0. The lowest BCUT2D eigenvalue weighted by Crippen LogP contribution is -2.05. The Hall–Kier alpha value is -2.48. The van der Waals surface area contributed by atoms with Crippen molar-refractivity contribution in [3.05, 3.63) is 29.3 Å². The second-order valence-corrected chi connectivity index (χ2v) is 4.53. The first-order valence-corrected chi connectivity index (χ1v) is 8.10. The molecule has 1 aromatic rings. The predicted octanol–water partition coefficient (Wildman–Crippen LogP) is 3.22. The number of hydrogen-bond donors (Lipinski definition) is 1. The maximum absolute atomic E-state index is 11.3. The lowest BCUT2D eigenvalue weighted by Gasteiger charge is -2.05. The highest BCUT2D eigenvalue weighted by molar-refractivity contribution is 5.70. The van der Waals surface area contributed by atoms with Crippen LogP contribution in [-0.2, 0) is 25.5 Å². The van der Waals surface area contributed by atoms with Crippen LogP contribution in [0, 0.1) is 11.8 Å². The SMILES string of the molecule is CC.CCOC(=O)CCc1cc(C#CCCC(=O)OC)ccc1O. The fraction of sp³-hybridized carbons (Fsp3) is 0.474. The minimum atomic E-state index is -0.296. The molecule has 5 nitrogen and oxygen atoms in total. The average Bonchev–Trinajstić information content (AvgIpc) is 2.60. The normalized spacial score (nSPS) is 9.00. The highest BCUT2D eigenvalue weighted by Gasteiger charge is 2.07. The molecule has 0 aromatic heterocycles. The fourth-order valence-corrected chi connectivity index (χ4v) is 1.76. The molecule has 0 amide bonds. The van der Waals surface area contributed by atoms with E-state index in [1.807, 2.05) is 13.8 Å². The van der Waals surface area contributed by atoms with Crippen LogP contribution in [0.1, 0.15) is 51.2 Å². The van der Waals surface area contributed by atoms with Crippen LogP contribution < -0.4 is 0 Å². The van der Waals surface area contributed by atoms with Crippen LogP contribution in [0.15, 0.2) is 18.2 Å². The van der Waals surface area contributed by atoms with Crippen molar-refractivity contribution in [2.75, 3.05) is 13.7 Å². The molecule has 24 heavy (non-hydrogen) atoms. The zero-order chi connectivity index (χ0) is 18.4. The zero-order valence-corrected chi connectivity index (χ0v) is 14.8. The van der Waals surface area contributed by atoms with Gasteiger partial charge in [0, 0.05) is 18.4 Å².